The van der Waals surface area contributed by atoms with Crippen LogP contribution >= 0.6 is 0 Å². The van der Waals surface area contributed by atoms with Gasteiger partial charge in [0.05, 0.1) is 25.5 Å². The van der Waals surface area contributed by atoms with E-state index in [1.165, 1.54) is 14.2 Å². The first-order valence-electron chi connectivity index (χ1n) is 5.47. The lowest BCUT2D eigenvalue weighted by Crippen LogP contribution is -2.06. The lowest BCUT2D eigenvalue weighted by atomic mass is 10.1. The van der Waals surface area contributed by atoms with Crippen molar-refractivity contribution in [1.82, 2.24) is 0 Å². The second kappa shape index (κ2) is 7.29. The maximum absolute atomic E-state index is 11.6. The monoisotopic (exact) mass is 251 g/mol. The van der Waals surface area contributed by atoms with Crippen molar-refractivity contribution in [3.63, 3.8) is 0 Å². The third-order valence-corrected chi connectivity index (χ3v) is 2.20. The molecule has 0 bridgehead atoms. The van der Waals surface area contributed by atoms with E-state index in [2.05, 4.69) is 10.5 Å². The first-order chi connectivity index (χ1) is 8.72. The molecule has 0 saturated carbocycles. The van der Waals surface area contributed by atoms with Crippen LogP contribution in [-0.2, 0) is 4.74 Å². The van der Waals surface area contributed by atoms with Crippen LogP contribution in [0.3, 0.4) is 0 Å². The molecule has 0 saturated heterocycles. The Bertz CT molecular complexity index is 433. The maximum atomic E-state index is 11.6. The molecule has 1 rings (SSSR count). The summed E-state index contributed by atoms with van der Waals surface area (Å²) < 4.78 is 9.75. The van der Waals surface area contributed by atoms with E-state index < -0.39 is 5.97 Å². The van der Waals surface area contributed by atoms with E-state index >= 15 is 0 Å². The number of esters is 1. The lowest BCUT2D eigenvalue weighted by Gasteiger charge is -2.09. The van der Waals surface area contributed by atoms with Crippen LogP contribution in [0.15, 0.2) is 23.3 Å². The van der Waals surface area contributed by atoms with Crippen LogP contribution in [0.1, 0.15) is 16.8 Å². The number of nitrogens with two attached hydrogens (primary N) is 1. The first-order valence-corrected chi connectivity index (χ1v) is 5.47. The molecular formula is C12H17N3O3. The average molecular weight is 251 g/mol. The molecule has 0 fully saturated rings. The van der Waals surface area contributed by atoms with Gasteiger partial charge in [0.1, 0.15) is 5.75 Å². The van der Waals surface area contributed by atoms with Crippen LogP contribution < -0.4 is 15.9 Å². The van der Waals surface area contributed by atoms with E-state index in [0.717, 1.165) is 0 Å². The zero-order valence-corrected chi connectivity index (χ0v) is 10.5. The van der Waals surface area contributed by atoms with E-state index in [-0.39, 0.29) is 0 Å². The van der Waals surface area contributed by atoms with E-state index in [1.54, 1.807) is 24.4 Å². The number of hydrazone groups is 1. The molecule has 0 amide bonds. The molecular weight excluding hydrogens is 234 g/mol. The molecule has 3 N–H and O–H groups in total. The number of anilines is 1. The highest BCUT2D eigenvalue weighted by atomic mass is 16.5. The van der Waals surface area contributed by atoms with Gasteiger partial charge in [-0.25, -0.2) is 4.79 Å². The number of methoxy groups -OCH3 is 2. The average Bonchev–Trinajstić information content (AvgIpc) is 2.42. The van der Waals surface area contributed by atoms with Crippen molar-refractivity contribution in [2.24, 2.45) is 10.8 Å². The molecule has 1 aromatic rings. The van der Waals surface area contributed by atoms with E-state index in [9.17, 15) is 4.79 Å². The van der Waals surface area contributed by atoms with Crippen LogP contribution in [-0.4, -0.2) is 32.9 Å². The molecule has 18 heavy (non-hydrogen) atoms. The summed E-state index contributed by atoms with van der Waals surface area (Å²) in [4.78, 5) is 11.6. The number of nitrogens with one attached hydrogen (secondary N) is 1. The minimum Gasteiger partial charge on any atom is -0.497 e. The molecule has 1 aromatic carbocycles. The summed E-state index contributed by atoms with van der Waals surface area (Å²) in [5.41, 5.74) is 9.02. The van der Waals surface area contributed by atoms with Gasteiger partial charge in [-0.2, -0.15) is 5.10 Å². The Balaban J connectivity index is 2.91. The molecule has 0 aliphatic carbocycles. The number of hydrogen-bond acceptors (Lipinski definition) is 6. The SMILES string of the molecule is COC(=O)c1cc(OC)ccc1N/N=C/CCN. The smallest absolute Gasteiger partial charge is 0.340 e. The number of carbonyl (C=O) groups excluding carboxylic acids is 1. The Morgan fingerprint density at radius 3 is 2.89 bits per heavy atom. The third-order valence-electron chi connectivity index (χ3n) is 2.20. The van der Waals surface area contributed by atoms with Gasteiger partial charge in [0.15, 0.2) is 0 Å². The van der Waals surface area contributed by atoms with Gasteiger partial charge in [-0.15, -0.1) is 0 Å². The normalized spacial score (nSPS) is 10.4. The van der Waals surface area contributed by atoms with Crippen LogP contribution in [0, 0.1) is 0 Å². The first kappa shape index (κ1) is 14.0. The van der Waals surface area contributed by atoms with Crippen molar-refractivity contribution in [3.8, 4) is 5.75 Å². The Hall–Kier alpha value is -2.08. The Kier molecular flexibility index (Phi) is 5.66. The summed E-state index contributed by atoms with van der Waals surface area (Å²) in [6.07, 6.45) is 2.31. The molecule has 0 atom stereocenters. The van der Waals surface area contributed by atoms with Gasteiger partial charge < -0.3 is 15.2 Å². The van der Waals surface area contributed by atoms with Crippen LogP contribution in [0.5, 0.6) is 5.75 Å². The summed E-state index contributed by atoms with van der Waals surface area (Å²) in [6, 6.07) is 5.02. The standard InChI is InChI=1S/C12H17N3O3/c1-17-9-4-5-11(15-14-7-3-6-13)10(8-9)12(16)18-2/h4-5,7-8,15H,3,6,13H2,1-2H3/b14-7+. The zero-order chi connectivity index (χ0) is 13.4. The summed E-state index contributed by atoms with van der Waals surface area (Å²) in [5, 5.41) is 3.96. The van der Waals surface area contributed by atoms with E-state index in [1.807, 2.05) is 0 Å². The summed E-state index contributed by atoms with van der Waals surface area (Å²) in [6.45, 7) is 0.525. The highest BCUT2D eigenvalue weighted by Crippen LogP contribution is 2.22. The number of ether oxygens (including phenoxy) is 2. The van der Waals surface area contributed by atoms with Gasteiger partial charge in [0.25, 0.3) is 0 Å². The minimum atomic E-state index is -0.453. The zero-order valence-electron chi connectivity index (χ0n) is 10.5. The van der Waals surface area contributed by atoms with Gasteiger partial charge in [-0.1, -0.05) is 0 Å². The van der Waals surface area contributed by atoms with Gasteiger partial charge in [0, 0.05) is 6.21 Å². The Morgan fingerprint density at radius 2 is 2.28 bits per heavy atom. The molecule has 0 aliphatic heterocycles. The summed E-state index contributed by atoms with van der Waals surface area (Å²) in [7, 11) is 2.85. The fourth-order valence-electron chi connectivity index (χ4n) is 1.28. The fourth-order valence-corrected chi connectivity index (χ4v) is 1.28. The van der Waals surface area contributed by atoms with Gasteiger partial charge in [0.2, 0.25) is 0 Å². The second-order valence-corrected chi connectivity index (χ2v) is 3.40. The number of nitrogens with zero attached hydrogens (tertiary/aromatic N) is 1. The van der Waals surface area contributed by atoms with Gasteiger partial charge in [-0.05, 0) is 31.2 Å². The van der Waals surface area contributed by atoms with Crippen molar-refractivity contribution in [3.05, 3.63) is 23.8 Å². The highest BCUT2D eigenvalue weighted by Gasteiger charge is 2.12. The lowest BCUT2D eigenvalue weighted by molar-refractivity contribution is 0.0601. The maximum Gasteiger partial charge on any atom is 0.340 e. The van der Waals surface area contributed by atoms with Crippen LogP contribution in [0.4, 0.5) is 5.69 Å². The highest BCUT2D eigenvalue weighted by molar-refractivity contribution is 5.96. The largest absolute Gasteiger partial charge is 0.497 e. The number of hydrogen-bond donors (Lipinski definition) is 2. The van der Waals surface area contributed by atoms with E-state index in [4.69, 9.17) is 15.2 Å². The molecule has 0 aromatic heterocycles. The van der Waals surface area contributed by atoms with Crippen LogP contribution in [0.25, 0.3) is 0 Å². The topological polar surface area (TPSA) is 85.9 Å². The van der Waals surface area contributed by atoms with Crippen molar-refractivity contribution in [1.29, 1.82) is 0 Å². The Labute approximate surface area is 106 Å². The van der Waals surface area contributed by atoms with Crippen molar-refractivity contribution in [2.75, 3.05) is 26.2 Å². The predicted octanol–water partition coefficient (Wildman–Crippen LogP) is 1.23. The summed E-state index contributed by atoms with van der Waals surface area (Å²) in [5.74, 6) is 0.123. The molecule has 6 heteroatoms. The second-order valence-electron chi connectivity index (χ2n) is 3.40. The molecule has 98 valence electrons. The predicted molar refractivity (Wildman–Crippen MR) is 70.1 cm³/mol. The van der Waals surface area contributed by atoms with Gasteiger partial charge >= 0.3 is 5.97 Å². The molecule has 0 heterocycles. The van der Waals surface area contributed by atoms with Crippen molar-refractivity contribution in [2.45, 2.75) is 6.42 Å². The van der Waals surface area contributed by atoms with E-state index in [0.29, 0.717) is 30.0 Å². The Morgan fingerprint density at radius 1 is 1.50 bits per heavy atom. The minimum absolute atomic E-state index is 0.363. The number of rotatable bonds is 6. The van der Waals surface area contributed by atoms with Crippen molar-refractivity contribution < 1.29 is 14.3 Å². The number of benzene rings is 1. The third kappa shape index (κ3) is 3.74. The number of carbonyl (C=O) groups is 1. The van der Waals surface area contributed by atoms with Gasteiger partial charge in [-0.3, -0.25) is 5.43 Å². The molecule has 0 aliphatic rings. The van der Waals surface area contributed by atoms with Crippen LogP contribution in [0.2, 0.25) is 0 Å². The molecule has 0 radical (unpaired) electrons. The molecule has 0 unspecified atom stereocenters. The molecule has 0 spiro atoms. The summed E-state index contributed by atoms with van der Waals surface area (Å²) >= 11 is 0. The molecule has 6 nitrogen and oxygen atoms in total. The quantitative estimate of drug-likeness (QED) is 0.451. The van der Waals surface area contributed by atoms with Crippen molar-refractivity contribution >= 4 is 17.9 Å². The fraction of sp³-hybridized carbons (Fsp3) is 0.333.